The summed E-state index contributed by atoms with van der Waals surface area (Å²) in [7, 11) is 0. The first kappa shape index (κ1) is 26.9. The van der Waals surface area contributed by atoms with Gasteiger partial charge in [0.25, 0.3) is 0 Å². The van der Waals surface area contributed by atoms with E-state index in [-0.39, 0.29) is 43.0 Å². The molecule has 0 radical (unpaired) electrons. The number of carbonyl (C=O) groups is 3. The van der Waals surface area contributed by atoms with Gasteiger partial charge in [-0.05, 0) is 24.3 Å². The molecule has 1 saturated carbocycles. The fourth-order valence-electron chi connectivity index (χ4n) is 4.44. The molecule has 0 spiro atoms. The van der Waals surface area contributed by atoms with Crippen LogP contribution in [0.25, 0.3) is 0 Å². The third-order valence-electron chi connectivity index (χ3n) is 6.27. The number of hydrogen-bond donors (Lipinski definition) is 0. The Labute approximate surface area is 198 Å². The van der Waals surface area contributed by atoms with Crippen LogP contribution < -0.4 is 0 Å². The van der Waals surface area contributed by atoms with Crippen molar-refractivity contribution in [2.45, 2.75) is 79.9 Å². The summed E-state index contributed by atoms with van der Waals surface area (Å²) in [6.07, 6.45) is 2.61. The molecule has 0 aromatic heterocycles. The van der Waals surface area contributed by atoms with Gasteiger partial charge >= 0.3 is 17.9 Å². The first-order valence-corrected chi connectivity index (χ1v) is 12.1. The van der Waals surface area contributed by atoms with Gasteiger partial charge in [-0.25, -0.2) is 0 Å². The molecule has 1 aromatic rings. The highest BCUT2D eigenvalue weighted by Gasteiger charge is 2.41. The quantitative estimate of drug-likeness (QED) is 0.347. The van der Waals surface area contributed by atoms with E-state index in [2.05, 4.69) is 0 Å². The molecule has 0 bridgehead atoms. The average Bonchev–Trinajstić information content (AvgIpc) is 2.79. The molecule has 1 aliphatic carbocycles. The highest BCUT2D eigenvalue weighted by molar-refractivity contribution is 5.82. The maximum absolute atomic E-state index is 13.0. The monoisotopic (exact) mass is 460 g/mol. The standard InChI is InChI=1S/C27H40O6/c1-18(2)23(33-24(28)19(3)4)27(5,6)17-32-26(30)22-15-11-10-14-21(22)25(29)31-16-20-12-8-7-9-13-20/h7-9,12-13,18-19,21-23H,10-11,14-17H2,1-6H3. The van der Waals surface area contributed by atoms with Crippen molar-refractivity contribution in [2.24, 2.45) is 29.1 Å². The number of ether oxygens (including phenoxy) is 3. The smallest absolute Gasteiger partial charge is 0.310 e. The van der Waals surface area contributed by atoms with Gasteiger partial charge in [0.1, 0.15) is 12.7 Å². The minimum absolute atomic E-state index is 0.0665. The van der Waals surface area contributed by atoms with E-state index in [1.54, 1.807) is 13.8 Å². The first-order chi connectivity index (χ1) is 15.5. The molecule has 6 nitrogen and oxygen atoms in total. The second-order valence-corrected chi connectivity index (χ2v) is 10.4. The van der Waals surface area contributed by atoms with Crippen LogP contribution in [0.1, 0.15) is 72.8 Å². The molecule has 0 heterocycles. The van der Waals surface area contributed by atoms with Crippen LogP contribution in [0.4, 0.5) is 0 Å². The van der Waals surface area contributed by atoms with Crippen molar-refractivity contribution in [1.29, 1.82) is 0 Å². The van der Waals surface area contributed by atoms with Crippen molar-refractivity contribution in [3.05, 3.63) is 35.9 Å². The van der Waals surface area contributed by atoms with E-state index in [0.29, 0.717) is 12.8 Å². The van der Waals surface area contributed by atoms with Crippen molar-refractivity contribution in [1.82, 2.24) is 0 Å². The van der Waals surface area contributed by atoms with Crippen LogP contribution in [0.15, 0.2) is 30.3 Å². The van der Waals surface area contributed by atoms with Gasteiger partial charge in [0.05, 0.1) is 24.4 Å². The van der Waals surface area contributed by atoms with Crippen molar-refractivity contribution in [3.8, 4) is 0 Å². The van der Waals surface area contributed by atoms with Crippen LogP contribution in [0.3, 0.4) is 0 Å². The number of benzene rings is 1. The topological polar surface area (TPSA) is 78.9 Å². The summed E-state index contributed by atoms with van der Waals surface area (Å²) in [5, 5.41) is 0. The average molecular weight is 461 g/mol. The van der Waals surface area contributed by atoms with Crippen LogP contribution >= 0.6 is 0 Å². The molecule has 3 atom stereocenters. The van der Waals surface area contributed by atoms with Crippen LogP contribution in [0.2, 0.25) is 0 Å². The summed E-state index contributed by atoms with van der Waals surface area (Å²) in [4.78, 5) is 38.0. The summed E-state index contributed by atoms with van der Waals surface area (Å²) in [6.45, 7) is 11.8. The maximum atomic E-state index is 13.0. The molecule has 2 rings (SSSR count). The first-order valence-electron chi connectivity index (χ1n) is 12.1. The van der Waals surface area contributed by atoms with Crippen LogP contribution in [0.5, 0.6) is 0 Å². The van der Waals surface area contributed by atoms with Crippen molar-refractivity contribution < 1.29 is 28.6 Å². The minimum atomic E-state index is -0.563. The summed E-state index contributed by atoms with van der Waals surface area (Å²) in [6, 6.07) is 9.51. The largest absolute Gasteiger partial charge is 0.465 e. The second-order valence-electron chi connectivity index (χ2n) is 10.4. The third kappa shape index (κ3) is 7.86. The molecular weight excluding hydrogens is 420 g/mol. The van der Waals surface area contributed by atoms with Crippen LogP contribution in [-0.2, 0) is 35.2 Å². The molecular formula is C27H40O6. The summed E-state index contributed by atoms with van der Waals surface area (Å²) >= 11 is 0. The fraction of sp³-hybridized carbons (Fsp3) is 0.667. The lowest BCUT2D eigenvalue weighted by molar-refractivity contribution is -0.173. The molecule has 33 heavy (non-hydrogen) atoms. The highest BCUT2D eigenvalue weighted by Crippen LogP contribution is 2.34. The Bertz CT molecular complexity index is 783. The van der Waals surface area contributed by atoms with Crippen molar-refractivity contribution >= 4 is 17.9 Å². The van der Waals surface area contributed by atoms with Gasteiger partial charge in [-0.15, -0.1) is 0 Å². The number of hydrogen-bond acceptors (Lipinski definition) is 6. The van der Waals surface area contributed by atoms with Crippen LogP contribution in [-0.4, -0.2) is 30.6 Å². The van der Waals surface area contributed by atoms with Gasteiger partial charge in [0.15, 0.2) is 0 Å². The zero-order valence-electron chi connectivity index (χ0n) is 21.0. The Balaban J connectivity index is 1.99. The number of esters is 3. The minimum Gasteiger partial charge on any atom is -0.465 e. The van der Waals surface area contributed by atoms with Gasteiger partial charge < -0.3 is 14.2 Å². The molecule has 0 aliphatic heterocycles. The maximum Gasteiger partial charge on any atom is 0.310 e. The van der Waals surface area contributed by atoms with E-state index in [0.717, 1.165) is 18.4 Å². The molecule has 0 saturated heterocycles. The van der Waals surface area contributed by atoms with E-state index < -0.39 is 23.4 Å². The van der Waals surface area contributed by atoms with Gasteiger partial charge in [0.2, 0.25) is 0 Å². The Morgan fingerprint density at radius 2 is 1.45 bits per heavy atom. The van der Waals surface area contributed by atoms with Gasteiger partial charge in [-0.3, -0.25) is 14.4 Å². The summed E-state index contributed by atoms with van der Waals surface area (Å²) in [5.74, 6) is -2.13. The number of rotatable bonds is 10. The Morgan fingerprint density at radius 3 is 1.97 bits per heavy atom. The predicted octanol–water partition coefficient (Wildman–Crippen LogP) is 5.33. The lowest BCUT2D eigenvalue weighted by Gasteiger charge is -2.37. The lowest BCUT2D eigenvalue weighted by atomic mass is 9.79. The fourth-order valence-corrected chi connectivity index (χ4v) is 4.44. The Hall–Kier alpha value is -2.37. The van der Waals surface area contributed by atoms with Crippen molar-refractivity contribution in [3.63, 3.8) is 0 Å². The molecule has 1 aliphatic rings. The molecule has 184 valence electrons. The Kier molecular flexibility index (Phi) is 9.93. The summed E-state index contributed by atoms with van der Waals surface area (Å²) in [5.41, 5.74) is 0.352. The second kappa shape index (κ2) is 12.2. The van der Waals surface area contributed by atoms with Gasteiger partial charge in [0, 0.05) is 5.41 Å². The normalized spacial score (nSPS) is 19.8. The van der Waals surface area contributed by atoms with E-state index in [4.69, 9.17) is 14.2 Å². The van der Waals surface area contributed by atoms with Gasteiger partial charge in [-0.1, -0.05) is 84.7 Å². The van der Waals surface area contributed by atoms with E-state index >= 15 is 0 Å². The molecule has 6 heteroatoms. The van der Waals surface area contributed by atoms with E-state index in [1.807, 2.05) is 58.0 Å². The summed E-state index contributed by atoms with van der Waals surface area (Å²) < 4.78 is 17.0. The molecule has 1 aromatic carbocycles. The molecule has 0 amide bonds. The highest BCUT2D eigenvalue weighted by atomic mass is 16.6. The lowest BCUT2D eigenvalue weighted by Crippen LogP contribution is -2.43. The van der Waals surface area contributed by atoms with E-state index in [1.165, 1.54) is 0 Å². The zero-order valence-corrected chi connectivity index (χ0v) is 21.0. The number of carbonyl (C=O) groups excluding carboxylic acids is 3. The molecule has 0 N–H and O–H groups in total. The third-order valence-corrected chi connectivity index (χ3v) is 6.27. The SMILES string of the molecule is CC(C)C(=O)OC(C(C)C)C(C)(C)COC(=O)C1CCCCC1C(=O)OCc1ccccc1. The Morgan fingerprint density at radius 1 is 0.909 bits per heavy atom. The van der Waals surface area contributed by atoms with E-state index in [9.17, 15) is 14.4 Å². The zero-order chi connectivity index (χ0) is 24.6. The molecule has 3 unspecified atom stereocenters. The van der Waals surface area contributed by atoms with Crippen LogP contribution in [0, 0.1) is 29.1 Å². The van der Waals surface area contributed by atoms with Crippen molar-refractivity contribution in [2.75, 3.05) is 6.61 Å². The molecule has 1 fully saturated rings. The predicted molar refractivity (Wildman–Crippen MR) is 126 cm³/mol. The van der Waals surface area contributed by atoms with Gasteiger partial charge in [-0.2, -0.15) is 0 Å².